The van der Waals surface area contributed by atoms with Gasteiger partial charge < -0.3 is 5.11 Å². The number of aliphatic carboxylic acids is 1. The number of benzene rings is 1. The summed E-state index contributed by atoms with van der Waals surface area (Å²) in [5.74, 6) is -2.22. The predicted molar refractivity (Wildman–Crippen MR) is 62.6 cm³/mol. The number of carboxylic acids is 1. The van der Waals surface area contributed by atoms with Crippen molar-refractivity contribution in [2.45, 2.75) is 12.8 Å². The van der Waals surface area contributed by atoms with Crippen LogP contribution in [0.15, 0.2) is 23.6 Å². The molecule has 2 rings (SSSR count). The van der Waals surface area contributed by atoms with Crippen LogP contribution in [0.1, 0.15) is 16.3 Å². The van der Waals surface area contributed by atoms with Gasteiger partial charge in [-0.15, -0.1) is 11.3 Å². The first-order valence-corrected chi connectivity index (χ1v) is 6.01. The van der Waals surface area contributed by atoms with Gasteiger partial charge in [0.05, 0.1) is 17.1 Å². The number of thiazole rings is 1. The van der Waals surface area contributed by atoms with E-state index in [0.717, 1.165) is 6.07 Å². The molecule has 18 heavy (non-hydrogen) atoms. The fourth-order valence-corrected chi connectivity index (χ4v) is 2.38. The van der Waals surface area contributed by atoms with Crippen molar-refractivity contribution in [3.8, 4) is 0 Å². The van der Waals surface area contributed by atoms with Crippen molar-refractivity contribution in [1.29, 1.82) is 0 Å². The van der Waals surface area contributed by atoms with E-state index in [9.17, 15) is 13.6 Å². The van der Waals surface area contributed by atoms with Crippen molar-refractivity contribution in [2.75, 3.05) is 0 Å². The summed E-state index contributed by atoms with van der Waals surface area (Å²) in [5.41, 5.74) is 0.933. The Hall–Kier alpha value is -1.82. The Morgan fingerprint density at radius 3 is 2.56 bits per heavy atom. The molecule has 94 valence electrons. The molecule has 1 aromatic heterocycles. The molecule has 0 saturated carbocycles. The molecule has 0 radical (unpaired) electrons. The Labute approximate surface area is 106 Å². The number of carboxylic acid groups (broad SMARTS) is 1. The Balaban J connectivity index is 2.13. The number of aromatic nitrogens is 1. The molecule has 0 unspecified atom stereocenters. The number of nitrogens with zero attached hydrogens (tertiary/aromatic N) is 1. The summed E-state index contributed by atoms with van der Waals surface area (Å²) in [4.78, 5) is 14.6. The predicted octanol–water partition coefficient (Wildman–Crippen LogP) is 2.64. The zero-order valence-electron chi connectivity index (χ0n) is 9.19. The summed E-state index contributed by atoms with van der Waals surface area (Å²) < 4.78 is 25.9. The van der Waals surface area contributed by atoms with Crippen molar-refractivity contribution in [3.05, 3.63) is 51.5 Å². The molecule has 1 aromatic carbocycles. The van der Waals surface area contributed by atoms with Gasteiger partial charge in [0.25, 0.3) is 0 Å². The van der Waals surface area contributed by atoms with Crippen LogP contribution in [0, 0.1) is 11.6 Å². The largest absolute Gasteiger partial charge is 0.481 e. The minimum absolute atomic E-state index is 0.145. The average molecular weight is 269 g/mol. The lowest BCUT2D eigenvalue weighted by atomic mass is 10.1. The van der Waals surface area contributed by atoms with Crippen molar-refractivity contribution >= 4 is 17.3 Å². The SMILES string of the molecule is O=C(O)Cc1csc(Cc2cc(F)cc(F)c2)n1. The molecule has 0 atom stereocenters. The Morgan fingerprint density at radius 2 is 1.94 bits per heavy atom. The van der Waals surface area contributed by atoms with Crippen LogP contribution in [-0.4, -0.2) is 16.1 Å². The lowest BCUT2D eigenvalue weighted by Gasteiger charge is -1.99. The molecule has 1 heterocycles. The molecule has 0 aliphatic rings. The highest BCUT2D eigenvalue weighted by molar-refractivity contribution is 7.09. The Bertz CT molecular complexity index is 563. The summed E-state index contributed by atoms with van der Waals surface area (Å²) in [5, 5.41) is 10.9. The molecule has 0 saturated heterocycles. The molecule has 0 amide bonds. The van der Waals surface area contributed by atoms with Gasteiger partial charge in [-0.05, 0) is 17.7 Å². The second kappa shape index (κ2) is 5.22. The molecular formula is C12H9F2NO2S. The molecule has 6 heteroatoms. The van der Waals surface area contributed by atoms with Crippen LogP contribution in [0.3, 0.4) is 0 Å². The maximum Gasteiger partial charge on any atom is 0.309 e. The minimum atomic E-state index is -0.955. The van der Waals surface area contributed by atoms with Gasteiger partial charge in [-0.25, -0.2) is 13.8 Å². The topological polar surface area (TPSA) is 50.2 Å². The first-order valence-electron chi connectivity index (χ1n) is 5.13. The number of rotatable bonds is 4. The van der Waals surface area contributed by atoms with Crippen LogP contribution in [0.5, 0.6) is 0 Å². The lowest BCUT2D eigenvalue weighted by Crippen LogP contribution is -2.00. The van der Waals surface area contributed by atoms with E-state index in [1.54, 1.807) is 5.38 Å². The molecule has 1 N–H and O–H groups in total. The standard InChI is InChI=1S/C12H9F2NO2S/c13-8-1-7(2-9(14)4-8)3-11-15-10(6-18-11)5-12(16)17/h1-2,4,6H,3,5H2,(H,16,17). The van der Waals surface area contributed by atoms with Gasteiger partial charge in [0, 0.05) is 17.9 Å². The summed E-state index contributed by atoms with van der Waals surface area (Å²) in [7, 11) is 0. The lowest BCUT2D eigenvalue weighted by molar-refractivity contribution is -0.136. The van der Waals surface area contributed by atoms with E-state index in [0.29, 0.717) is 22.7 Å². The van der Waals surface area contributed by atoms with Gasteiger partial charge in [0.15, 0.2) is 0 Å². The Morgan fingerprint density at radius 1 is 1.28 bits per heavy atom. The monoisotopic (exact) mass is 269 g/mol. The van der Waals surface area contributed by atoms with Gasteiger partial charge in [-0.2, -0.15) is 0 Å². The normalized spacial score (nSPS) is 10.6. The zero-order chi connectivity index (χ0) is 13.1. The van der Waals surface area contributed by atoms with E-state index in [4.69, 9.17) is 5.11 Å². The van der Waals surface area contributed by atoms with Crippen LogP contribution in [0.2, 0.25) is 0 Å². The van der Waals surface area contributed by atoms with Crippen molar-refractivity contribution < 1.29 is 18.7 Å². The van der Waals surface area contributed by atoms with Gasteiger partial charge in [0.1, 0.15) is 11.6 Å². The molecule has 0 bridgehead atoms. The number of hydrogen-bond acceptors (Lipinski definition) is 3. The Kier molecular flexibility index (Phi) is 3.66. The first-order chi connectivity index (χ1) is 8.52. The van der Waals surface area contributed by atoms with E-state index < -0.39 is 17.6 Å². The van der Waals surface area contributed by atoms with Crippen LogP contribution in [0.4, 0.5) is 8.78 Å². The first kappa shape index (κ1) is 12.6. The second-order valence-electron chi connectivity index (χ2n) is 3.76. The van der Waals surface area contributed by atoms with Crippen LogP contribution >= 0.6 is 11.3 Å². The van der Waals surface area contributed by atoms with E-state index in [1.807, 2.05) is 0 Å². The van der Waals surface area contributed by atoms with E-state index in [-0.39, 0.29) is 6.42 Å². The van der Waals surface area contributed by atoms with Crippen LogP contribution < -0.4 is 0 Å². The van der Waals surface area contributed by atoms with Crippen molar-refractivity contribution in [1.82, 2.24) is 4.98 Å². The third-order valence-electron chi connectivity index (χ3n) is 2.21. The summed E-state index contributed by atoms with van der Waals surface area (Å²) >= 11 is 1.28. The molecule has 3 nitrogen and oxygen atoms in total. The molecule has 0 aliphatic carbocycles. The van der Waals surface area contributed by atoms with Crippen LogP contribution in [-0.2, 0) is 17.6 Å². The number of carbonyl (C=O) groups is 1. The second-order valence-corrected chi connectivity index (χ2v) is 4.70. The molecule has 0 aliphatic heterocycles. The van der Waals surface area contributed by atoms with Crippen LogP contribution in [0.25, 0.3) is 0 Å². The summed E-state index contributed by atoms with van der Waals surface area (Å²) in [6.45, 7) is 0. The van der Waals surface area contributed by atoms with Gasteiger partial charge in [-0.3, -0.25) is 4.79 Å². The third-order valence-corrected chi connectivity index (χ3v) is 3.11. The van der Waals surface area contributed by atoms with Crippen molar-refractivity contribution in [2.24, 2.45) is 0 Å². The fraction of sp³-hybridized carbons (Fsp3) is 0.167. The van der Waals surface area contributed by atoms with Gasteiger partial charge in [0.2, 0.25) is 0 Å². The number of hydrogen-bond donors (Lipinski definition) is 1. The highest BCUT2D eigenvalue weighted by atomic mass is 32.1. The van der Waals surface area contributed by atoms with Gasteiger partial charge >= 0.3 is 5.97 Å². The smallest absolute Gasteiger partial charge is 0.309 e. The summed E-state index contributed by atoms with van der Waals surface area (Å²) in [6.07, 6.45) is 0.146. The average Bonchev–Trinajstić information content (AvgIpc) is 2.62. The van der Waals surface area contributed by atoms with E-state index in [1.165, 1.54) is 23.5 Å². The highest BCUT2D eigenvalue weighted by Crippen LogP contribution is 2.17. The minimum Gasteiger partial charge on any atom is -0.481 e. The maximum atomic E-state index is 13.0. The number of halogens is 2. The van der Waals surface area contributed by atoms with Gasteiger partial charge in [-0.1, -0.05) is 0 Å². The molecule has 0 spiro atoms. The third kappa shape index (κ3) is 3.33. The fourth-order valence-electron chi connectivity index (χ4n) is 1.55. The molecule has 2 aromatic rings. The summed E-state index contributed by atoms with van der Waals surface area (Å²) in [6, 6.07) is 3.28. The zero-order valence-corrected chi connectivity index (χ0v) is 10.0. The quantitative estimate of drug-likeness (QED) is 0.928. The van der Waals surface area contributed by atoms with E-state index >= 15 is 0 Å². The highest BCUT2D eigenvalue weighted by Gasteiger charge is 2.08. The molecule has 0 fully saturated rings. The maximum absolute atomic E-state index is 13.0. The van der Waals surface area contributed by atoms with Crippen molar-refractivity contribution in [3.63, 3.8) is 0 Å². The molecular weight excluding hydrogens is 260 g/mol. The van der Waals surface area contributed by atoms with E-state index in [2.05, 4.69) is 4.98 Å².